The first-order valence-electron chi connectivity index (χ1n) is 9.95. The van der Waals surface area contributed by atoms with Crippen LogP contribution in [-0.4, -0.2) is 26.5 Å². The Balaban J connectivity index is 1.52. The molecule has 0 bridgehead atoms. The van der Waals surface area contributed by atoms with Gasteiger partial charge in [-0.05, 0) is 18.6 Å². The molecule has 3 heterocycles. The molecule has 5 rings (SSSR count). The van der Waals surface area contributed by atoms with Crippen LogP contribution in [0.5, 0.6) is 0 Å². The van der Waals surface area contributed by atoms with Gasteiger partial charge in [-0.15, -0.1) is 0 Å². The second-order valence-electron chi connectivity index (χ2n) is 7.66. The second-order valence-corrected chi connectivity index (χ2v) is 8.07. The van der Waals surface area contributed by atoms with Gasteiger partial charge in [-0.3, -0.25) is 9.78 Å². The fourth-order valence-corrected chi connectivity index (χ4v) is 4.28. The zero-order valence-electron chi connectivity index (χ0n) is 16.6. The van der Waals surface area contributed by atoms with E-state index in [-0.39, 0.29) is 28.1 Å². The van der Waals surface area contributed by atoms with E-state index in [4.69, 9.17) is 11.6 Å². The van der Waals surface area contributed by atoms with Crippen LogP contribution in [0.2, 0.25) is 5.02 Å². The van der Waals surface area contributed by atoms with Crippen molar-refractivity contribution >= 4 is 28.3 Å². The van der Waals surface area contributed by atoms with E-state index >= 15 is 0 Å². The number of halogens is 4. The molecule has 2 aromatic heterocycles. The van der Waals surface area contributed by atoms with Crippen LogP contribution >= 0.6 is 11.6 Å². The van der Waals surface area contributed by atoms with Crippen molar-refractivity contribution in [3.63, 3.8) is 0 Å². The molecule has 0 spiro atoms. The summed E-state index contributed by atoms with van der Waals surface area (Å²) in [5, 5.41) is 4.02. The van der Waals surface area contributed by atoms with E-state index in [1.54, 1.807) is 18.3 Å². The van der Waals surface area contributed by atoms with Crippen LogP contribution in [-0.2, 0) is 13.0 Å². The van der Waals surface area contributed by atoms with Crippen molar-refractivity contribution in [3.8, 4) is 11.3 Å². The maximum Gasteiger partial charge on any atom is 0.251 e. The molecule has 2 aromatic carbocycles. The van der Waals surface area contributed by atoms with E-state index in [2.05, 4.69) is 15.3 Å². The molecule has 4 aromatic rings. The average Bonchev–Trinajstić information content (AvgIpc) is 3.22. The zero-order chi connectivity index (χ0) is 22.4. The Hall–Kier alpha value is -3.39. The number of benzene rings is 2. The third kappa shape index (κ3) is 3.60. The number of fused-ring (bicyclic) bond motifs is 2. The Morgan fingerprint density at radius 3 is 2.66 bits per heavy atom. The lowest BCUT2D eigenvalue weighted by Crippen LogP contribution is -2.40. The molecule has 1 atom stereocenters. The number of nitrogens with zero attached hydrogens (tertiary/aromatic N) is 3. The molecule has 5 nitrogen and oxygen atoms in total. The zero-order valence-corrected chi connectivity index (χ0v) is 17.3. The first-order chi connectivity index (χ1) is 15.4. The fourth-order valence-electron chi connectivity index (χ4n) is 4.07. The number of hydrogen-bond donors (Lipinski definition) is 1. The molecule has 0 radical (unpaired) electrons. The topological polar surface area (TPSA) is 59.8 Å². The lowest BCUT2D eigenvalue weighted by molar-refractivity contribution is 0.0927. The molecular weight excluding hydrogens is 441 g/mol. The van der Waals surface area contributed by atoms with E-state index in [1.165, 1.54) is 12.3 Å². The van der Waals surface area contributed by atoms with E-state index in [0.717, 1.165) is 18.7 Å². The van der Waals surface area contributed by atoms with Gasteiger partial charge in [0.1, 0.15) is 23.3 Å². The summed E-state index contributed by atoms with van der Waals surface area (Å²) in [5.74, 6) is -2.56. The van der Waals surface area contributed by atoms with Gasteiger partial charge < -0.3 is 9.88 Å². The van der Waals surface area contributed by atoms with E-state index in [9.17, 15) is 18.0 Å². The number of aromatic nitrogens is 3. The van der Waals surface area contributed by atoms with Gasteiger partial charge in [0.05, 0.1) is 16.3 Å². The third-order valence-corrected chi connectivity index (χ3v) is 5.92. The number of imidazole rings is 1. The van der Waals surface area contributed by atoms with Crippen molar-refractivity contribution in [3.05, 3.63) is 82.8 Å². The van der Waals surface area contributed by atoms with Gasteiger partial charge >= 0.3 is 0 Å². The average molecular weight is 457 g/mol. The minimum absolute atomic E-state index is 0.0604. The monoisotopic (exact) mass is 456 g/mol. The normalized spacial score (nSPS) is 15.6. The van der Waals surface area contributed by atoms with Crippen LogP contribution in [0.3, 0.4) is 0 Å². The minimum Gasteiger partial charge on any atom is -0.347 e. The first kappa shape index (κ1) is 20.5. The number of hydrogen-bond acceptors (Lipinski definition) is 3. The highest BCUT2D eigenvalue weighted by Gasteiger charge is 2.23. The Bertz CT molecular complexity index is 1350. The fraction of sp³-hybridized carbons (Fsp3) is 0.174. The Labute approximate surface area is 185 Å². The van der Waals surface area contributed by atoms with Crippen molar-refractivity contribution in [2.75, 3.05) is 0 Å². The molecule has 32 heavy (non-hydrogen) atoms. The number of pyridine rings is 1. The first-order valence-corrected chi connectivity index (χ1v) is 10.3. The molecule has 0 saturated heterocycles. The van der Waals surface area contributed by atoms with Gasteiger partial charge in [-0.1, -0.05) is 17.7 Å². The lowest BCUT2D eigenvalue weighted by atomic mass is 10.00. The smallest absolute Gasteiger partial charge is 0.251 e. The van der Waals surface area contributed by atoms with Gasteiger partial charge in [0, 0.05) is 66.1 Å². The quantitative estimate of drug-likeness (QED) is 0.476. The standard InChI is InChI=1S/C23H16ClF3N4O/c24-17-10-29-22(21-18(26)8-13(25)9-19(21)27)16-7-12(1-3-15(16)17)23(32)30-14-2-4-20-28-5-6-31(20)11-14/h1,3,5-10,14H,2,4,11H2,(H,30,32). The second kappa shape index (κ2) is 7.94. The number of carbonyl (C=O) groups excluding carboxylic acids is 1. The van der Waals surface area contributed by atoms with Crippen LogP contribution in [0.4, 0.5) is 13.2 Å². The predicted octanol–water partition coefficient (Wildman–Crippen LogP) is 4.91. The summed E-state index contributed by atoms with van der Waals surface area (Å²) in [6.07, 6.45) is 6.37. The predicted molar refractivity (Wildman–Crippen MR) is 114 cm³/mol. The largest absolute Gasteiger partial charge is 0.347 e. The van der Waals surface area contributed by atoms with Crippen molar-refractivity contribution in [1.82, 2.24) is 19.9 Å². The van der Waals surface area contributed by atoms with E-state index < -0.39 is 23.0 Å². The summed E-state index contributed by atoms with van der Waals surface area (Å²) in [4.78, 5) is 21.3. The number of carbonyl (C=O) groups is 1. The van der Waals surface area contributed by atoms with Gasteiger partial charge in [0.2, 0.25) is 0 Å². The third-order valence-electron chi connectivity index (χ3n) is 5.62. The van der Waals surface area contributed by atoms with Gasteiger partial charge in [-0.25, -0.2) is 18.2 Å². The summed E-state index contributed by atoms with van der Waals surface area (Å²) < 4.78 is 44.3. The Morgan fingerprint density at radius 2 is 1.88 bits per heavy atom. The van der Waals surface area contributed by atoms with Crippen LogP contribution in [0.1, 0.15) is 22.6 Å². The molecule has 0 saturated carbocycles. The Kier molecular flexibility index (Phi) is 5.09. The van der Waals surface area contributed by atoms with Crippen molar-refractivity contribution in [2.24, 2.45) is 0 Å². The number of rotatable bonds is 3. The van der Waals surface area contributed by atoms with E-state index in [0.29, 0.717) is 29.6 Å². The lowest BCUT2D eigenvalue weighted by Gasteiger charge is -2.24. The van der Waals surface area contributed by atoms with Crippen LogP contribution in [0.15, 0.2) is 48.9 Å². The molecule has 1 aliphatic heterocycles. The SMILES string of the molecule is O=C(NC1CCc2nccn2C1)c1ccc2c(Cl)cnc(-c3c(F)cc(F)cc3F)c2c1. The molecule has 1 unspecified atom stereocenters. The van der Waals surface area contributed by atoms with Crippen molar-refractivity contribution < 1.29 is 18.0 Å². The summed E-state index contributed by atoms with van der Waals surface area (Å²) in [6, 6.07) is 5.79. The maximum absolute atomic E-state index is 14.4. The van der Waals surface area contributed by atoms with Crippen molar-refractivity contribution in [1.29, 1.82) is 0 Å². The number of nitrogens with one attached hydrogen (secondary N) is 1. The Morgan fingerprint density at radius 1 is 1.09 bits per heavy atom. The maximum atomic E-state index is 14.4. The van der Waals surface area contributed by atoms with Crippen LogP contribution < -0.4 is 5.32 Å². The van der Waals surface area contributed by atoms with Crippen LogP contribution in [0, 0.1) is 17.5 Å². The number of aryl methyl sites for hydroxylation is 1. The molecule has 9 heteroatoms. The molecule has 162 valence electrons. The summed E-state index contributed by atoms with van der Waals surface area (Å²) in [6.45, 7) is 0.610. The van der Waals surface area contributed by atoms with E-state index in [1.807, 2.05) is 10.8 Å². The summed E-state index contributed by atoms with van der Waals surface area (Å²) in [5.41, 5.74) is -0.248. The highest BCUT2D eigenvalue weighted by Crippen LogP contribution is 2.34. The van der Waals surface area contributed by atoms with Gasteiger partial charge in [0.15, 0.2) is 0 Å². The highest BCUT2D eigenvalue weighted by molar-refractivity contribution is 6.35. The molecule has 1 amide bonds. The van der Waals surface area contributed by atoms with Crippen LogP contribution in [0.25, 0.3) is 22.0 Å². The number of amides is 1. The highest BCUT2D eigenvalue weighted by atomic mass is 35.5. The molecule has 0 fully saturated rings. The molecular formula is C23H16ClF3N4O. The molecule has 1 aliphatic rings. The summed E-state index contributed by atoms with van der Waals surface area (Å²) >= 11 is 6.23. The molecule has 1 N–H and O–H groups in total. The van der Waals surface area contributed by atoms with Gasteiger partial charge in [-0.2, -0.15) is 0 Å². The summed E-state index contributed by atoms with van der Waals surface area (Å²) in [7, 11) is 0. The minimum atomic E-state index is -1.09. The van der Waals surface area contributed by atoms with Crippen molar-refractivity contribution in [2.45, 2.75) is 25.4 Å². The van der Waals surface area contributed by atoms with Gasteiger partial charge in [0.25, 0.3) is 5.91 Å². The molecule has 0 aliphatic carbocycles.